The molecule has 1 heterocycles. The van der Waals surface area contributed by atoms with Crippen LogP contribution in [0.4, 0.5) is 5.69 Å². The van der Waals surface area contributed by atoms with E-state index in [1.165, 1.54) is 37.4 Å². The SMILES string of the molecule is CN1C(=O)c2ccc(NC(=O)COC(=O)c3ccc(CO)cc3)cc2C1=O. The summed E-state index contributed by atoms with van der Waals surface area (Å²) < 4.78 is 4.94. The van der Waals surface area contributed by atoms with Gasteiger partial charge in [-0.3, -0.25) is 19.3 Å². The number of rotatable bonds is 5. The average Bonchev–Trinajstić information content (AvgIpc) is 2.90. The monoisotopic (exact) mass is 368 g/mol. The van der Waals surface area contributed by atoms with E-state index in [1.807, 2.05) is 0 Å². The molecule has 0 atom stereocenters. The molecular formula is C19H16N2O6. The topological polar surface area (TPSA) is 113 Å². The van der Waals surface area contributed by atoms with Crippen molar-refractivity contribution in [1.29, 1.82) is 0 Å². The van der Waals surface area contributed by atoms with Gasteiger partial charge in [0.25, 0.3) is 17.7 Å². The van der Waals surface area contributed by atoms with Crippen molar-refractivity contribution in [3.63, 3.8) is 0 Å². The van der Waals surface area contributed by atoms with E-state index in [1.54, 1.807) is 12.1 Å². The average molecular weight is 368 g/mol. The summed E-state index contributed by atoms with van der Waals surface area (Å²) >= 11 is 0. The van der Waals surface area contributed by atoms with E-state index < -0.39 is 30.3 Å². The van der Waals surface area contributed by atoms with Crippen molar-refractivity contribution in [2.24, 2.45) is 0 Å². The molecule has 1 aliphatic rings. The number of aliphatic hydroxyl groups is 1. The van der Waals surface area contributed by atoms with Gasteiger partial charge in [0.2, 0.25) is 0 Å². The van der Waals surface area contributed by atoms with Gasteiger partial charge in [0, 0.05) is 12.7 Å². The molecule has 0 radical (unpaired) electrons. The molecule has 0 bridgehead atoms. The fraction of sp³-hybridized carbons (Fsp3) is 0.158. The molecule has 0 saturated carbocycles. The summed E-state index contributed by atoms with van der Waals surface area (Å²) in [4.78, 5) is 48.7. The Bertz CT molecular complexity index is 936. The quantitative estimate of drug-likeness (QED) is 0.606. The third kappa shape index (κ3) is 3.70. The van der Waals surface area contributed by atoms with Gasteiger partial charge >= 0.3 is 5.97 Å². The molecule has 0 unspecified atom stereocenters. The molecule has 3 amide bonds. The van der Waals surface area contributed by atoms with Gasteiger partial charge in [-0.15, -0.1) is 0 Å². The Morgan fingerprint density at radius 2 is 1.70 bits per heavy atom. The Kier molecular flexibility index (Phi) is 5.00. The number of nitrogens with one attached hydrogen (secondary N) is 1. The van der Waals surface area contributed by atoms with Gasteiger partial charge in [-0.05, 0) is 35.9 Å². The Labute approximate surface area is 154 Å². The second-order valence-corrected chi connectivity index (χ2v) is 5.91. The van der Waals surface area contributed by atoms with Gasteiger partial charge in [-0.25, -0.2) is 4.79 Å². The number of hydrogen-bond acceptors (Lipinski definition) is 6. The van der Waals surface area contributed by atoms with Gasteiger partial charge in [0.1, 0.15) is 0 Å². The maximum absolute atomic E-state index is 12.0. The van der Waals surface area contributed by atoms with Crippen molar-refractivity contribution >= 4 is 29.4 Å². The number of fused-ring (bicyclic) bond motifs is 1. The zero-order chi connectivity index (χ0) is 19.6. The minimum atomic E-state index is -0.675. The fourth-order valence-corrected chi connectivity index (χ4v) is 2.60. The first kappa shape index (κ1) is 18.3. The van der Waals surface area contributed by atoms with Crippen molar-refractivity contribution in [2.75, 3.05) is 19.0 Å². The second kappa shape index (κ2) is 7.38. The third-order valence-electron chi connectivity index (χ3n) is 4.08. The number of hydrogen-bond donors (Lipinski definition) is 2. The fourth-order valence-electron chi connectivity index (χ4n) is 2.60. The summed E-state index contributed by atoms with van der Waals surface area (Å²) in [6, 6.07) is 10.5. The summed E-state index contributed by atoms with van der Waals surface area (Å²) in [6.07, 6.45) is 0. The van der Waals surface area contributed by atoms with E-state index in [0.717, 1.165) is 4.90 Å². The van der Waals surface area contributed by atoms with Crippen LogP contribution in [0, 0.1) is 0 Å². The molecule has 2 aromatic rings. The Hall–Kier alpha value is -3.52. The summed E-state index contributed by atoms with van der Waals surface area (Å²) in [5.74, 6) is -2.09. The highest BCUT2D eigenvalue weighted by atomic mass is 16.5. The van der Waals surface area contributed by atoms with Gasteiger partial charge in [0.05, 0.1) is 23.3 Å². The number of esters is 1. The zero-order valence-electron chi connectivity index (χ0n) is 14.4. The van der Waals surface area contributed by atoms with Crippen LogP contribution in [0.1, 0.15) is 36.6 Å². The second-order valence-electron chi connectivity index (χ2n) is 5.91. The van der Waals surface area contributed by atoms with Crippen molar-refractivity contribution in [3.05, 3.63) is 64.7 Å². The predicted molar refractivity (Wildman–Crippen MR) is 94.1 cm³/mol. The lowest BCUT2D eigenvalue weighted by Crippen LogP contribution is -2.24. The summed E-state index contributed by atoms with van der Waals surface area (Å²) in [7, 11) is 1.38. The summed E-state index contributed by atoms with van der Waals surface area (Å²) in [5.41, 5.74) is 1.71. The summed E-state index contributed by atoms with van der Waals surface area (Å²) in [5, 5.41) is 11.5. The number of imide groups is 1. The Morgan fingerprint density at radius 3 is 2.37 bits per heavy atom. The molecule has 0 aromatic heterocycles. The maximum atomic E-state index is 12.0. The molecule has 27 heavy (non-hydrogen) atoms. The number of carbonyl (C=O) groups is 4. The van der Waals surface area contributed by atoms with Crippen molar-refractivity contribution in [3.8, 4) is 0 Å². The highest BCUT2D eigenvalue weighted by Crippen LogP contribution is 2.24. The normalized spacial score (nSPS) is 12.7. The molecule has 1 aliphatic heterocycles. The van der Waals surface area contributed by atoms with Gasteiger partial charge in [-0.1, -0.05) is 12.1 Å². The molecule has 8 nitrogen and oxygen atoms in total. The van der Waals surface area contributed by atoms with Crippen LogP contribution >= 0.6 is 0 Å². The highest BCUT2D eigenvalue weighted by molar-refractivity contribution is 6.21. The van der Waals surface area contributed by atoms with E-state index >= 15 is 0 Å². The molecule has 138 valence electrons. The van der Waals surface area contributed by atoms with E-state index in [0.29, 0.717) is 11.3 Å². The number of nitrogens with zero attached hydrogens (tertiary/aromatic N) is 1. The lowest BCUT2D eigenvalue weighted by molar-refractivity contribution is -0.119. The molecule has 0 aliphatic carbocycles. The molecule has 2 N–H and O–H groups in total. The van der Waals surface area contributed by atoms with Crippen molar-refractivity contribution < 1.29 is 29.0 Å². The molecule has 0 saturated heterocycles. The van der Waals surface area contributed by atoms with Gasteiger partial charge in [-0.2, -0.15) is 0 Å². The van der Waals surface area contributed by atoms with Crippen LogP contribution in [0.2, 0.25) is 0 Å². The number of aliphatic hydroxyl groups excluding tert-OH is 1. The molecule has 0 spiro atoms. The first-order chi connectivity index (χ1) is 12.9. The van der Waals surface area contributed by atoms with Crippen LogP contribution < -0.4 is 5.32 Å². The van der Waals surface area contributed by atoms with E-state index in [4.69, 9.17) is 9.84 Å². The van der Waals surface area contributed by atoms with Gasteiger partial charge in [0.15, 0.2) is 6.61 Å². The number of anilines is 1. The number of carbonyl (C=O) groups excluding carboxylic acids is 4. The van der Waals surface area contributed by atoms with Crippen LogP contribution in [0.3, 0.4) is 0 Å². The van der Waals surface area contributed by atoms with E-state index in [-0.39, 0.29) is 23.3 Å². The smallest absolute Gasteiger partial charge is 0.338 e. The molecule has 0 fully saturated rings. The lowest BCUT2D eigenvalue weighted by atomic mass is 10.1. The Morgan fingerprint density at radius 1 is 1.04 bits per heavy atom. The van der Waals surface area contributed by atoms with E-state index in [9.17, 15) is 19.2 Å². The first-order valence-corrected chi connectivity index (χ1v) is 8.04. The highest BCUT2D eigenvalue weighted by Gasteiger charge is 2.32. The number of benzene rings is 2. The molecule has 3 rings (SSSR count). The lowest BCUT2D eigenvalue weighted by Gasteiger charge is -2.08. The van der Waals surface area contributed by atoms with Crippen LogP contribution in [0.5, 0.6) is 0 Å². The minimum absolute atomic E-state index is 0.137. The number of ether oxygens (including phenoxy) is 1. The van der Waals surface area contributed by atoms with E-state index in [2.05, 4.69) is 5.32 Å². The summed E-state index contributed by atoms with van der Waals surface area (Å²) in [6.45, 7) is -0.646. The van der Waals surface area contributed by atoms with Crippen molar-refractivity contribution in [2.45, 2.75) is 6.61 Å². The van der Waals surface area contributed by atoms with Crippen molar-refractivity contribution in [1.82, 2.24) is 4.90 Å². The standard InChI is InChI=1S/C19H16N2O6/c1-21-17(24)14-7-6-13(8-15(14)18(21)25)20-16(23)10-27-19(26)12-4-2-11(9-22)3-5-12/h2-8,22H,9-10H2,1H3,(H,20,23). The largest absolute Gasteiger partial charge is 0.452 e. The molecule has 8 heteroatoms. The molecule has 2 aromatic carbocycles. The first-order valence-electron chi connectivity index (χ1n) is 8.04. The zero-order valence-corrected chi connectivity index (χ0v) is 14.4. The third-order valence-corrected chi connectivity index (χ3v) is 4.08. The Balaban J connectivity index is 1.59. The van der Waals surface area contributed by atoms with Crippen LogP contribution in [0.15, 0.2) is 42.5 Å². The maximum Gasteiger partial charge on any atom is 0.338 e. The predicted octanol–water partition coefficient (Wildman–Crippen LogP) is 1.20. The minimum Gasteiger partial charge on any atom is -0.452 e. The van der Waals surface area contributed by atoms with Crippen LogP contribution in [-0.4, -0.2) is 47.4 Å². The number of amides is 3. The van der Waals surface area contributed by atoms with Crippen LogP contribution in [-0.2, 0) is 16.1 Å². The molecular weight excluding hydrogens is 352 g/mol. The van der Waals surface area contributed by atoms with Crippen LogP contribution in [0.25, 0.3) is 0 Å². The van der Waals surface area contributed by atoms with Gasteiger partial charge < -0.3 is 15.2 Å².